The first-order chi connectivity index (χ1) is 15.9. The van der Waals surface area contributed by atoms with Crippen LogP contribution in [0, 0.1) is 19.7 Å². The van der Waals surface area contributed by atoms with Crippen molar-refractivity contribution in [2.45, 2.75) is 58.7 Å². The standard InChI is InChI=1S/C25H29FN6O/c1-16-19(14-30(3)29-16)15-31-12-4-5-22(31)24-27-17(2)21-10-11-23(33)32(25(21)28-24)13-18-6-8-20(26)9-7-18/h6-9,14,22H,4-5,10-13,15H2,1-3H3/t22-/m0/s1. The van der Waals surface area contributed by atoms with Gasteiger partial charge >= 0.3 is 0 Å². The molecule has 1 saturated heterocycles. The van der Waals surface area contributed by atoms with E-state index in [0.29, 0.717) is 25.2 Å². The molecule has 1 amide bonds. The second-order valence-electron chi connectivity index (χ2n) is 9.12. The van der Waals surface area contributed by atoms with Crippen molar-refractivity contribution in [1.82, 2.24) is 24.6 Å². The number of aryl methyl sites for hydroxylation is 3. The number of hydrogen-bond acceptors (Lipinski definition) is 5. The average molecular weight is 449 g/mol. The first-order valence-corrected chi connectivity index (χ1v) is 11.5. The molecule has 2 aliphatic rings. The lowest BCUT2D eigenvalue weighted by Crippen LogP contribution is -2.37. The van der Waals surface area contributed by atoms with Crippen molar-refractivity contribution in [2.24, 2.45) is 7.05 Å². The van der Waals surface area contributed by atoms with Crippen LogP contribution in [0.2, 0.25) is 0 Å². The normalized spacial score (nSPS) is 18.7. The van der Waals surface area contributed by atoms with Gasteiger partial charge in [0.25, 0.3) is 0 Å². The van der Waals surface area contributed by atoms with Crippen LogP contribution < -0.4 is 4.90 Å². The summed E-state index contributed by atoms with van der Waals surface area (Å²) in [5, 5.41) is 4.48. The lowest BCUT2D eigenvalue weighted by molar-refractivity contribution is -0.119. The maximum atomic E-state index is 13.4. The second-order valence-corrected chi connectivity index (χ2v) is 9.12. The Morgan fingerprint density at radius 3 is 2.58 bits per heavy atom. The van der Waals surface area contributed by atoms with Crippen LogP contribution in [0.3, 0.4) is 0 Å². The molecule has 0 bridgehead atoms. The second kappa shape index (κ2) is 8.67. The van der Waals surface area contributed by atoms with E-state index < -0.39 is 0 Å². The molecule has 0 spiro atoms. The number of halogens is 1. The predicted molar refractivity (Wildman–Crippen MR) is 123 cm³/mol. The minimum absolute atomic E-state index is 0.0464. The highest BCUT2D eigenvalue weighted by Gasteiger charge is 2.33. The van der Waals surface area contributed by atoms with Crippen LogP contribution in [0.1, 0.15) is 59.2 Å². The van der Waals surface area contributed by atoms with Crippen LogP contribution in [0.25, 0.3) is 0 Å². The summed E-state index contributed by atoms with van der Waals surface area (Å²) in [6.45, 7) is 6.23. The maximum Gasteiger partial charge on any atom is 0.228 e. The smallest absolute Gasteiger partial charge is 0.228 e. The molecule has 8 heteroatoms. The molecule has 172 valence electrons. The van der Waals surface area contributed by atoms with Crippen molar-refractivity contribution >= 4 is 11.7 Å². The Bertz CT molecular complexity index is 1190. The van der Waals surface area contributed by atoms with E-state index in [1.807, 2.05) is 25.6 Å². The Hall–Kier alpha value is -3.13. The van der Waals surface area contributed by atoms with Gasteiger partial charge in [-0.15, -0.1) is 0 Å². The van der Waals surface area contributed by atoms with E-state index >= 15 is 0 Å². The minimum Gasteiger partial charge on any atom is -0.292 e. The van der Waals surface area contributed by atoms with Crippen molar-refractivity contribution < 1.29 is 9.18 Å². The average Bonchev–Trinajstić information content (AvgIpc) is 3.37. The lowest BCUT2D eigenvalue weighted by atomic mass is 10.0. The number of carbonyl (C=O) groups excluding carboxylic acids is 1. The third kappa shape index (κ3) is 4.27. The summed E-state index contributed by atoms with van der Waals surface area (Å²) in [5.74, 6) is 1.26. The SMILES string of the molecule is Cc1nn(C)cc1CN1CCC[C@H]1c1nc(C)c2c(n1)N(Cc1ccc(F)cc1)C(=O)CC2. The number of fused-ring (bicyclic) bond motifs is 1. The number of rotatable bonds is 5. The van der Waals surface area contributed by atoms with Gasteiger partial charge in [-0.2, -0.15) is 5.10 Å². The number of amides is 1. The van der Waals surface area contributed by atoms with Gasteiger partial charge in [0.05, 0.1) is 18.3 Å². The maximum absolute atomic E-state index is 13.4. The molecule has 0 N–H and O–H groups in total. The van der Waals surface area contributed by atoms with Gasteiger partial charge in [0.2, 0.25) is 5.91 Å². The molecule has 2 aliphatic heterocycles. The number of nitrogens with zero attached hydrogens (tertiary/aromatic N) is 6. The summed E-state index contributed by atoms with van der Waals surface area (Å²) in [5.41, 5.74) is 5.11. The number of likely N-dealkylation sites (tertiary alicyclic amines) is 1. The molecule has 2 aromatic heterocycles. The lowest BCUT2D eigenvalue weighted by Gasteiger charge is -2.31. The van der Waals surface area contributed by atoms with Crippen LogP contribution in [0.5, 0.6) is 0 Å². The molecule has 3 aromatic rings. The van der Waals surface area contributed by atoms with Gasteiger partial charge in [0.15, 0.2) is 0 Å². The van der Waals surface area contributed by atoms with Gasteiger partial charge in [-0.3, -0.25) is 19.3 Å². The van der Waals surface area contributed by atoms with Crippen molar-refractivity contribution in [2.75, 3.05) is 11.4 Å². The first-order valence-electron chi connectivity index (χ1n) is 11.5. The minimum atomic E-state index is -0.283. The van der Waals surface area contributed by atoms with Crippen LogP contribution in [-0.4, -0.2) is 37.1 Å². The quantitative estimate of drug-likeness (QED) is 0.594. The van der Waals surface area contributed by atoms with E-state index in [9.17, 15) is 9.18 Å². The molecule has 1 atom stereocenters. The van der Waals surface area contributed by atoms with E-state index in [0.717, 1.165) is 54.3 Å². The Morgan fingerprint density at radius 2 is 1.85 bits per heavy atom. The van der Waals surface area contributed by atoms with Gasteiger partial charge in [-0.1, -0.05) is 12.1 Å². The molecule has 4 heterocycles. The first kappa shape index (κ1) is 21.7. The molecule has 1 fully saturated rings. The van der Waals surface area contributed by atoms with Gasteiger partial charge < -0.3 is 0 Å². The fourth-order valence-corrected chi connectivity index (χ4v) is 5.02. The van der Waals surface area contributed by atoms with Crippen LogP contribution in [0.15, 0.2) is 30.5 Å². The van der Waals surface area contributed by atoms with E-state index in [2.05, 4.69) is 16.2 Å². The summed E-state index contributed by atoms with van der Waals surface area (Å²) in [4.78, 5) is 26.9. The van der Waals surface area contributed by atoms with Gasteiger partial charge in [-0.05, 0) is 57.4 Å². The topological polar surface area (TPSA) is 67.2 Å². The highest BCUT2D eigenvalue weighted by atomic mass is 19.1. The number of benzene rings is 1. The largest absolute Gasteiger partial charge is 0.292 e. The molecule has 0 aliphatic carbocycles. The summed E-state index contributed by atoms with van der Waals surface area (Å²) >= 11 is 0. The summed E-state index contributed by atoms with van der Waals surface area (Å²) < 4.78 is 15.2. The monoisotopic (exact) mass is 448 g/mol. The zero-order chi connectivity index (χ0) is 23.1. The number of hydrogen-bond donors (Lipinski definition) is 0. The third-order valence-electron chi connectivity index (χ3n) is 6.76. The molecule has 33 heavy (non-hydrogen) atoms. The molecule has 0 saturated carbocycles. The van der Waals surface area contributed by atoms with E-state index in [4.69, 9.17) is 9.97 Å². The Balaban J connectivity index is 1.46. The van der Waals surface area contributed by atoms with E-state index in [-0.39, 0.29) is 17.8 Å². The van der Waals surface area contributed by atoms with E-state index in [1.54, 1.807) is 17.0 Å². The van der Waals surface area contributed by atoms with E-state index in [1.165, 1.54) is 17.7 Å². The number of aromatic nitrogens is 4. The Morgan fingerprint density at radius 1 is 1.06 bits per heavy atom. The zero-order valence-corrected chi connectivity index (χ0v) is 19.4. The predicted octanol–water partition coefficient (Wildman–Crippen LogP) is 3.78. The molecule has 5 rings (SSSR count). The molecule has 0 radical (unpaired) electrons. The zero-order valence-electron chi connectivity index (χ0n) is 19.4. The molecular weight excluding hydrogens is 419 g/mol. The summed E-state index contributed by atoms with van der Waals surface area (Å²) in [6, 6.07) is 6.41. The van der Waals surface area contributed by atoms with Gasteiger partial charge in [0.1, 0.15) is 17.5 Å². The van der Waals surface area contributed by atoms with Crippen molar-refractivity contribution in [3.05, 3.63) is 70.2 Å². The molecule has 1 aromatic carbocycles. The van der Waals surface area contributed by atoms with Crippen molar-refractivity contribution in [1.29, 1.82) is 0 Å². The summed E-state index contributed by atoms with van der Waals surface area (Å²) in [7, 11) is 1.95. The molecular formula is C25H29FN6O. The highest BCUT2D eigenvalue weighted by molar-refractivity contribution is 5.95. The van der Waals surface area contributed by atoms with Crippen LogP contribution >= 0.6 is 0 Å². The number of carbonyl (C=O) groups is 1. The van der Waals surface area contributed by atoms with Gasteiger partial charge in [0, 0.05) is 43.0 Å². The fraction of sp³-hybridized carbons (Fsp3) is 0.440. The van der Waals surface area contributed by atoms with Gasteiger partial charge in [-0.25, -0.2) is 14.4 Å². The highest BCUT2D eigenvalue weighted by Crippen LogP contribution is 2.36. The summed E-state index contributed by atoms with van der Waals surface area (Å²) in [6.07, 6.45) is 5.24. The molecule has 0 unspecified atom stereocenters. The molecule has 7 nitrogen and oxygen atoms in total. The van der Waals surface area contributed by atoms with Crippen molar-refractivity contribution in [3.63, 3.8) is 0 Å². The Labute approximate surface area is 193 Å². The third-order valence-corrected chi connectivity index (χ3v) is 6.76. The number of anilines is 1. The van der Waals surface area contributed by atoms with Crippen LogP contribution in [0.4, 0.5) is 10.2 Å². The Kier molecular flexibility index (Phi) is 5.70. The van der Waals surface area contributed by atoms with Crippen molar-refractivity contribution in [3.8, 4) is 0 Å². The fourth-order valence-electron chi connectivity index (χ4n) is 5.02. The van der Waals surface area contributed by atoms with Crippen LogP contribution in [-0.2, 0) is 31.4 Å².